The lowest BCUT2D eigenvalue weighted by Gasteiger charge is -1.91. The summed E-state index contributed by atoms with van der Waals surface area (Å²) in [5.41, 5.74) is 7.62. The molecule has 0 unspecified atom stereocenters. The number of hydrogen-bond donors (Lipinski definition) is 2. The van der Waals surface area contributed by atoms with E-state index in [1.165, 1.54) is 4.88 Å². The molecular weight excluding hydrogens is 240 g/mol. The van der Waals surface area contributed by atoms with Gasteiger partial charge in [0.25, 0.3) is 0 Å². The molecule has 0 amide bonds. The number of H-pyrrole nitrogens is 1. The van der Waals surface area contributed by atoms with Crippen LogP contribution >= 0.6 is 22.7 Å². The third-order valence-electron chi connectivity index (χ3n) is 2.18. The summed E-state index contributed by atoms with van der Waals surface area (Å²) >= 11 is 3.26. The number of hydrogen-bond acceptors (Lipinski definition) is 5. The number of nitrogen functional groups attached to an aromatic ring is 1. The van der Waals surface area contributed by atoms with Crippen molar-refractivity contribution in [3.8, 4) is 21.1 Å². The van der Waals surface area contributed by atoms with E-state index in [0.29, 0.717) is 5.82 Å². The Bertz CT molecular complexity index is 594. The molecule has 0 spiro atoms. The van der Waals surface area contributed by atoms with Gasteiger partial charge < -0.3 is 5.73 Å². The highest BCUT2D eigenvalue weighted by molar-refractivity contribution is 7.15. The maximum Gasteiger partial charge on any atom is 0.129 e. The molecule has 0 aliphatic carbocycles. The van der Waals surface area contributed by atoms with Gasteiger partial charge in [-0.2, -0.15) is 5.10 Å². The van der Waals surface area contributed by atoms with Gasteiger partial charge in [-0.3, -0.25) is 5.10 Å². The molecule has 0 atom stereocenters. The van der Waals surface area contributed by atoms with E-state index in [1.807, 2.05) is 16.8 Å². The summed E-state index contributed by atoms with van der Waals surface area (Å²) in [5, 5.41) is 11.6. The van der Waals surface area contributed by atoms with Gasteiger partial charge in [-0.25, -0.2) is 4.98 Å². The summed E-state index contributed by atoms with van der Waals surface area (Å²) in [6.07, 6.45) is 1.70. The van der Waals surface area contributed by atoms with Crippen molar-refractivity contribution in [3.05, 3.63) is 29.1 Å². The van der Waals surface area contributed by atoms with Gasteiger partial charge in [0.15, 0.2) is 0 Å². The number of nitrogens with zero attached hydrogens (tertiary/aromatic N) is 2. The van der Waals surface area contributed by atoms with Gasteiger partial charge in [0.1, 0.15) is 10.8 Å². The highest BCUT2D eigenvalue weighted by Gasteiger charge is 2.10. The van der Waals surface area contributed by atoms with Gasteiger partial charge >= 0.3 is 0 Å². The molecule has 0 aliphatic rings. The van der Waals surface area contributed by atoms with Crippen LogP contribution in [0.2, 0.25) is 0 Å². The van der Waals surface area contributed by atoms with Crippen LogP contribution in [0.4, 0.5) is 5.82 Å². The lowest BCUT2D eigenvalue weighted by molar-refractivity contribution is 1.10. The first-order valence-corrected chi connectivity index (χ1v) is 6.39. The topological polar surface area (TPSA) is 67.6 Å². The van der Waals surface area contributed by atoms with Crippen LogP contribution in [0.25, 0.3) is 21.1 Å². The van der Waals surface area contributed by atoms with Crippen molar-refractivity contribution in [2.24, 2.45) is 0 Å². The maximum absolute atomic E-state index is 5.75. The summed E-state index contributed by atoms with van der Waals surface area (Å²) in [5.74, 6) is 0.562. The Hall–Kier alpha value is -1.66. The molecule has 4 nitrogen and oxygen atoms in total. The molecule has 3 rings (SSSR count). The van der Waals surface area contributed by atoms with E-state index in [1.54, 1.807) is 28.9 Å². The summed E-state index contributed by atoms with van der Waals surface area (Å²) in [4.78, 5) is 5.72. The molecule has 0 radical (unpaired) electrons. The fourth-order valence-corrected chi connectivity index (χ4v) is 3.01. The first-order chi connectivity index (χ1) is 7.84. The Kier molecular flexibility index (Phi) is 2.23. The Morgan fingerprint density at radius 1 is 1.31 bits per heavy atom. The van der Waals surface area contributed by atoms with Gasteiger partial charge in [0.05, 0.1) is 22.3 Å². The van der Waals surface area contributed by atoms with Gasteiger partial charge in [0, 0.05) is 5.38 Å². The first kappa shape index (κ1) is 9.56. The van der Waals surface area contributed by atoms with Gasteiger partial charge in [-0.1, -0.05) is 6.07 Å². The second-order valence-electron chi connectivity index (χ2n) is 3.21. The second-order valence-corrected chi connectivity index (χ2v) is 5.02. The van der Waals surface area contributed by atoms with E-state index in [0.717, 1.165) is 16.3 Å². The SMILES string of the molecule is Nc1[nH]ncc1-c1nc(-c2cccs2)cs1. The zero-order valence-electron chi connectivity index (χ0n) is 8.18. The Labute approximate surface area is 99.8 Å². The third-order valence-corrected chi connectivity index (χ3v) is 3.94. The van der Waals surface area contributed by atoms with E-state index < -0.39 is 0 Å². The minimum atomic E-state index is 0.562. The molecule has 3 heterocycles. The highest BCUT2D eigenvalue weighted by atomic mass is 32.1. The minimum absolute atomic E-state index is 0.562. The lowest BCUT2D eigenvalue weighted by Crippen LogP contribution is -1.86. The molecule has 6 heteroatoms. The predicted molar refractivity (Wildman–Crippen MR) is 67.4 cm³/mol. The summed E-state index contributed by atoms with van der Waals surface area (Å²) < 4.78 is 0. The second kappa shape index (κ2) is 3.73. The number of rotatable bonds is 2. The fraction of sp³-hybridized carbons (Fsp3) is 0. The third kappa shape index (κ3) is 1.52. The van der Waals surface area contributed by atoms with Gasteiger partial charge in [0.2, 0.25) is 0 Å². The number of anilines is 1. The zero-order valence-corrected chi connectivity index (χ0v) is 9.81. The van der Waals surface area contributed by atoms with E-state index in [2.05, 4.69) is 21.2 Å². The molecule has 3 aromatic heterocycles. The molecule has 16 heavy (non-hydrogen) atoms. The van der Waals surface area contributed by atoms with Crippen molar-refractivity contribution in [1.29, 1.82) is 0 Å². The molecule has 0 aliphatic heterocycles. The van der Waals surface area contributed by atoms with Crippen molar-refractivity contribution < 1.29 is 0 Å². The molecule has 0 aromatic carbocycles. The molecule has 0 saturated heterocycles. The zero-order chi connectivity index (χ0) is 11.0. The van der Waals surface area contributed by atoms with Crippen LogP contribution in [-0.4, -0.2) is 15.2 Å². The fourth-order valence-electron chi connectivity index (χ4n) is 1.40. The molecule has 0 bridgehead atoms. The normalized spacial score (nSPS) is 10.8. The molecule has 3 aromatic rings. The van der Waals surface area contributed by atoms with Crippen LogP contribution < -0.4 is 5.73 Å². The van der Waals surface area contributed by atoms with Crippen LogP contribution in [0.15, 0.2) is 29.1 Å². The van der Waals surface area contributed by atoms with Crippen molar-refractivity contribution >= 4 is 28.5 Å². The van der Waals surface area contributed by atoms with E-state index in [-0.39, 0.29) is 0 Å². The largest absolute Gasteiger partial charge is 0.383 e. The monoisotopic (exact) mass is 248 g/mol. The average Bonchev–Trinajstić information content (AvgIpc) is 2.96. The highest BCUT2D eigenvalue weighted by Crippen LogP contribution is 2.32. The Balaban J connectivity index is 2.03. The molecule has 0 fully saturated rings. The number of thiazole rings is 1. The van der Waals surface area contributed by atoms with Crippen LogP contribution in [0.3, 0.4) is 0 Å². The standard InChI is InChI=1S/C10H8N4S2/c11-9-6(4-12-14-9)10-13-7(5-16-10)8-2-1-3-15-8/h1-5H,(H3,11,12,14). The maximum atomic E-state index is 5.75. The van der Waals surface area contributed by atoms with Crippen molar-refractivity contribution in [2.45, 2.75) is 0 Å². The molecule has 0 saturated carbocycles. The first-order valence-electron chi connectivity index (χ1n) is 4.63. The van der Waals surface area contributed by atoms with Gasteiger partial charge in [-0.15, -0.1) is 22.7 Å². The lowest BCUT2D eigenvalue weighted by atomic mass is 10.3. The minimum Gasteiger partial charge on any atom is -0.383 e. The number of thiophene rings is 1. The Morgan fingerprint density at radius 3 is 2.94 bits per heavy atom. The van der Waals surface area contributed by atoms with Crippen molar-refractivity contribution in [2.75, 3.05) is 5.73 Å². The molecule has 3 N–H and O–H groups in total. The van der Waals surface area contributed by atoms with E-state index in [9.17, 15) is 0 Å². The van der Waals surface area contributed by atoms with Crippen LogP contribution in [0.1, 0.15) is 0 Å². The predicted octanol–water partition coefficient (Wildman–Crippen LogP) is 2.84. The average molecular weight is 248 g/mol. The Morgan fingerprint density at radius 2 is 2.25 bits per heavy atom. The number of nitrogens with one attached hydrogen (secondary N) is 1. The quantitative estimate of drug-likeness (QED) is 0.732. The van der Waals surface area contributed by atoms with Crippen molar-refractivity contribution in [3.63, 3.8) is 0 Å². The summed E-state index contributed by atoms with van der Waals surface area (Å²) in [6.45, 7) is 0. The van der Waals surface area contributed by atoms with Crippen LogP contribution in [0, 0.1) is 0 Å². The summed E-state index contributed by atoms with van der Waals surface area (Å²) in [7, 11) is 0. The molecule has 80 valence electrons. The summed E-state index contributed by atoms with van der Waals surface area (Å²) in [6, 6.07) is 4.08. The van der Waals surface area contributed by atoms with Gasteiger partial charge in [-0.05, 0) is 11.4 Å². The van der Waals surface area contributed by atoms with Crippen LogP contribution in [0.5, 0.6) is 0 Å². The van der Waals surface area contributed by atoms with Crippen LogP contribution in [-0.2, 0) is 0 Å². The van der Waals surface area contributed by atoms with E-state index >= 15 is 0 Å². The molecular formula is C10H8N4S2. The number of aromatic nitrogens is 3. The van der Waals surface area contributed by atoms with Crippen molar-refractivity contribution in [1.82, 2.24) is 15.2 Å². The van der Waals surface area contributed by atoms with E-state index in [4.69, 9.17) is 5.73 Å². The smallest absolute Gasteiger partial charge is 0.129 e. The number of aromatic amines is 1. The number of nitrogens with two attached hydrogens (primary N) is 1.